The minimum absolute atomic E-state index is 0.0517. The Morgan fingerprint density at radius 2 is 1.05 bits per heavy atom. The molecular weight excluding hydrogens is 252 g/mol. The third kappa shape index (κ3) is 12.3. The molecule has 20 heavy (non-hydrogen) atoms. The first-order chi connectivity index (χ1) is 9.31. The molecule has 0 radical (unpaired) electrons. The largest absolute Gasteiger partial charge is 0.508 e. The van der Waals surface area contributed by atoms with Crippen LogP contribution in [0.2, 0.25) is 0 Å². The van der Waals surface area contributed by atoms with Gasteiger partial charge in [-0.15, -0.1) is 0 Å². The highest BCUT2D eigenvalue weighted by Gasteiger charge is 2.14. The molecule has 0 aliphatic carbocycles. The third-order valence-electron chi connectivity index (χ3n) is 3.38. The zero-order valence-electron chi connectivity index (χ0n) is 14.3. The summed E-state index contributed by atoms with van der Waals surface area (Å²) in [7, 11) is 0. The van der Waals surface area contributed by atoms with Gasteiger partial charge in [0.15, 0.2) is 0 Å². The summed E-state index contributed by atoms with van der Waals surface area (Å²) in [6.07, 6.45) is 5.74. The van der Waals surface area contributed by atoms with Gasteiger partial charge in [-0.05, 0) is 51.4 Å². The maximum absolute atomic E-state index is 11.6. The molecule has 3 nitrogen and oxygen atoms in total. The van der Waals surface area contributed by atoms with Crippen LogP contribution in [0.4, 0.5) is 4.79 Å². The van der Waals surface area contributed by atoms with Crippen molar-refractivity contribution in [3.8, 4) is 0 Å². The van der Waals surface area contributed by atoms with Crippen LogP contribution in [0, 0.1) is 11.8 Å². The Labute approximate surface area is 125 Å². The van der Waals surface area contributed by atoms with E-state index in [4.69, 9.17) is 9.47 Å². The molecule has 0 saturated heterocycles. The Morgan fingerprint density at radius 1 is 0.700 bits per heavy atom. The highest BCUT2D eigenvalue weighted by Crippen LogP contribution is 2.13. The summed E-state index contributed by atoms with van der Waals surface area (Å²) in [6, 6.07) is 0. The molecule has 0 bridgehead atoms. The van der Waals surface area contributed by atoms with Gasteiger partial charge >= 0.3 is 6.16 Å². The minimum Gasteiger partial charge on any atom is -0.431 e. The van der Waals surface area contributed by atoms with E-state index in [0.717, 1.165) is 25.7 Å². The quantitative estimate of drug-likeness (QED) is 0.492. The molecule has 0 heterocycles. The number of hydrogen-bond acceptors (Lipinski definition) is 3. The normalized spacial score (nSPS) is 14.4. The predicted molar refractivity (Wildman–Crippen MR) is 83.9 cm³/mol. The zero-order chi connectivity index (χ0) is 15.5. The van der Waals surface area contributed by atoms with E-state index in [2.05, 4.69) is 27.7 Å². The molecule has 0 aliphatic heterocycles. The molecule has 0 saturated carbocycles. The standard InChI is InChI=1S/C17H34O3/c1-13(2)9-7-11-15(5)19-17(18)20-16(6)12-8-10-14(3)4/h13-16H,7-12H2,1-6H3. The van der Waals surface area contributed by atoms with Crippen molar-refractivity contribution in [3.05, 3.63) is 0 Å². The first-order valence-electron chi connectivity index (χ1n) is 8.18. The van der Waals surface area contributed by atoms with Crippen molar-refractivity contribution in [1.29, 1.82) is 0 Å². The van der Waals surface area contributed by atoms with Gasteiger partial charge in [-0.3, -0.25) is 0 Å². The van der Waals surface area contributed by atoms with Crippen molar-refractivity contribution in [1.82, 2.24) is 0 Å². The minimum atomic E-state index is -0.515. The fraction of sp³-hybridized carbons (Fsp3) is 0.941. The van der Waals surface area contributed by atoms with Crippen LogP contribution in [0.1, 0.15) is 80.1 Å². The van der Waals surface area contributed by atoms with Crippen molar-refractivity contribution in [2.75, 3.05) is 0 Å². The van der Waals surface area contributed by atoms with Crippen LogP contribution in [0.3, 0.4) is 0 Å². The monoisotopic (exact) mass is 286 g/mol. The second-order valence-electron chi connectivity index (χ2n) is 6.76. The summed E-state index contributed by atoms with van der Waals surface area (Å²) in [5, 5.41) is 0. The molecule has 0 aromatic carbocycles. The number of hydrogen-bond donors (Lipinski definition) is 0. The van der Waals surface area contributed by atoms with Gasteiger partial charge in [0.05, 0.1) is 0 Å². The van der Waals surface area contributed by atoms with Gasteiger partial charge in [-0.25, -0.2) is 4.79 Å². The number of carbonyl (C=O) groups excluding carboxylic acids is 1. The van der Waals surface area contributed by atoms with E-state index in [1.807, 2.05) is 13.8 Å². The van der Waals surface area contributed by atoms with Crippen molar-refractivity contribution in [3.63, 3.8) is 0 Å². The summed E-state index contributed by atoms with van der Waals surface area (Å²) in [6.45, 7) is 12.7. The van der Waals surface area contributed by atoms with Crippen LogP contribution in [0.25, 0.3) is 0 Å². The Morgan fingerprint density at radius 3 is 1.35 bits per heavy atom. The third-order valence-corrected chi connectivity index (χ3v) is 3.38. The molecule has 0 aliphatic rings. The van der Waals surface area contributed by atoms with Crippen LogP contribution in [-0.4, -0.2) is 18.4 Å². The lowest BCUT2D eigenvalue weighted by molar-refractivity contribution is 0.00240. The van der Waals surface area contributed by atoms with Gasteiger partial charge in [0, 0.05) is 0 Å². The summed E-state index contributed by atoms with van der Waals surface area (Å²) in [5.74, 6) is 1.41. The molecule has 0 N–H and O–H groups in total. The molecule has 0 amide bonds. The summed E-state index contributed by atoms with van der Waals surface area (Å²) in [4.78, 5) is 11.6. The van der Waals surface area contributed by atoms with Gasteiger partial charge in [0.2, 0.25) is 0 Å². The van der Waals surface area contributed by atoms with Gasteiger partial charge in [0.1, 0.15) is 12.2 Å². The highest BCUT2D eigenvalue weighted by atomic mass is 16.7. The second-order valence-corrected chi connectivity index (χ2v) is 6.76. The Kier molecular flexibility index (Phi) is 10.6. The first-order valence-corrected chi connectivity index (χ1v) is 8.18. The van der Waals surface area contributed by atoms with Gasteiger partial charge < -0.3 is 9.47 Å². The Balaban J connectivity index is 3.69. The van der Waals surface area contributed by atoms with Crippen molar-refractivity contribution < 1.29 is 14.3 Å². The van der Waals surface area contributed by atoms with Gasteiger partial charge in [0.25, 0.3) is 0 Å². The average Bonchev–Trinajstić information content (AvgIpc) is 2.26. The molecule has 2 unspecified atom stereocenters. The van der Waals surface area contributed by atoms with E-state index >= 15 is 0 Å². The fourth-order valence-corrected chi connectivity index (χ4v) is 2.10. The molecule has 3 heteroatoms. The van der Waals surface area contributed by atoms with E-state index in [9.17, 15) is 4.79 Å². The summed E-state index contributed by atoms with van der Waals surface area (Å²) in [5.41, 5.74) is 0. The first kappa shape index (κ1) is 19.3. The molecule has 120 valence electrons. The zero-order valence-corrected chi connectivity index (χ0v) is 14.3. The SMILES string of the molecule is CC(C)CCCC(C)OC(=O)OC(C)CCCC(C)C. The number of ether oxygens (including phenoxy) is 2. The van der Waals surface area contributed by atoms with Gasteiger partial charge in [-0.1, -0.05) is 40.5 Å². The van der Waals surface area contributed by atoms with Gasteiger partial charge in [-0.2, -0.15) is 0 Å². The van der Waals surface area contributed by atoms with E-state index in [0.29, 0.717) is 11.8 Å². The average molecular weight is 286 g/mol. The number of rotatable bonds is 10. The van der Waals surface area contributed by atoms with Crippen LogP contribution in [-0.2, 0) is 9.47 Å². The highest BCUT2D eigenvalue weighted by molar-refractivity contribution is 5.60. The van der Waals surface area contributed by atoms with Crippen molar-refractivity contribution in [2.24, 2.45) is 11.8 Å². The van der Waals surface area contributed by atoms with Crippen molar-refractivity contribution >= 4 is 6.16 Å². The molecule has 0 aromatic rings. The summed E-state index contributed by atoms with van der Waals surface area (Å²) >= 11 is 0. The van der Waals surface area contributed by atoms with E-state index in [1.165, 1.54) is 12.8 Å². The Bertz CT molecular complexity index is 225. The molecular formula is C17H34O3. The van der Waals surface area contributed by atoms with E-state index < -0.39 is 6.16 Å². The smallest absolute Gasteiger partial charge is 0.431 e. The van der Waals surface area contributed by atoms with Crippen LogP contribution < -0.4 is 0 Å². The second kappa shape index (κ2) is 11.0. The molecule has 0 rings (SSSR count). The van der Waals surface area contributed by atoms with Crippen molar-refractivity contribution in [2.45, 2.75) is 92.3 Å². The van der Waals surface area contributed by atoms with E-state index in [-0.39, 0.29) is 12.2 Å². The molecule has 0 aromatic heterocycles. The van der Waals surface area contributed by atoms with E-state index in [1.54, 1.807) is 0 Å². The maximum Gasteiger partial charge on any atom is 0.508 e. The Hall–Kier alpha value is -0.730. The lowest BCUT2D eigenvalue weighted by Gasteiger charge is -2.17. The summed E-state index contributed by atoms with van der Waals surface area (Å²) < 4.78 is 10.5. The number of carbonyl (C=O) groups is 1. The lowest BCUT2D eigenvalue weighted by atomic mass is 10.0. The molecule has 2 atom stereocenters. The topological polar surface area (TPSA) is 35.5 Å². The fourth-order valence-electron chi connectivity index (χ4n) is 2.10. The molecule has 0 spiro atoms. The predicted octanol–water partition coefficient (Wildman–Crippen LogP) is 5.57. The van der Waals surface area contributed by atoms with Crippen LogP contribution >= 0.6 is 0 Å². The lowest BCUT2D eigenvalue weighted by Crippen LogP contribution is -2.20. The maximum atomic E-state index is 11.6. The molecule has 0 fully saturated rings. The van der Waals surface area contributed by atoms with Crippen LogP contribution in [0.5, 0.6) is 0 Å². The van der Waals surface area contributed by atoms with Crippen LogP contribution in [0.15, 0.2) is 0 Å².